The number of halogens is 1. The maximum absolute atomic E-state index is 9.58. The van der Waals surface area contributed by atoms with E-state index in [-0.39, 0.29) is 24.0 Å². The summed E-state index contributed by atoms with van der Waals surface area (Å²) in [4.78, 5) is 0. The molecule has 0 atom stereocenters. The zero-order chi connectivity index (χ0) is 11.6. The zero-order valence-electron chi connectivity index (χ0n) is 10.8. The van der Waals surface area contributed by atoms with Gasteiger partial charge in [-0.05, 0) is 24.5 Å². The molecule has 0 unspecified atom stereocenters. The van der Waals surface area contributed by atoms with Crippen LogP contribution in [-0.2, 0) is 6.42 Å². The summed E-state index contributed by atoms with van der Waals surface area (Å²) in [5.74, 6) is 0.452. The third-order valence-electron chi connectivity index (χ3n) is 3.04. The first-order valence-electron chi connectivity index (χ1n) is 6.61. The zero-order valence-corrected chi connectivity index (χ0v) is 13.2. The van der Waals surface area contributed by atoms with Crippen molar-refractivity contribution in [1.82, 2.24) is 0 Å². The lowest BCUT2D eigenvalue weighted by atomic mass is 10.0. The van der Waals surface area contributed by atoms with Crippen LogP contribution in [-0.4, -0.2) is 5.11 Å². The van der Waals surface area contributed by atoms with E-state index in [2.05, 4.69) is 6.92 Å². The van der Waals surface area contributed by atoms with E-state index >= 15 is 0 Å². The molecule has 98 valence electrons. The smallest absolute Gasteiger partial charge is 0.118 e. The molecular formula is C15H25IO. The number of phenols is 1. The third kappa shape index (κ3) is 7.63. The predicted molar refractivity (Wildman–Crippen MR) is 85.2 cm³/mol. The number of benzene rings is 1. The lowest BCUT2D eigenvalue weighted by Gasteiger charge is -2.04. The van der Waals surface area contributed by atoms with E-state index in [1.807, 2.05) is 18.2 Å². The van der Waals surface area contributed by atoms with Gasteiger partial charge in [0.05, 0.1) is 0 Å². The third-order valence-corrected chi connectivity index (χ3v) is 3.04. The van der Waals surface area contributed by atoms with Crippen molar-refractivity contribution in [2.75, 3.05) is 0 Å². The number of para-hydroxylation sites is 1. The van der Waals surface area contributed by atoms with Crippen molar-refractivity contribution in [2.45, 2.75) is 58.3 Å². The molecule has 1 rings (SSSR count). The van der Waals surface area contributed by atoms with Gasteiger partial charge in [0.25, 0.3) is 0 Å². The van der Waals surface area contributed by atoms with E-state index < -0.39 is 0 Å². The second-order valence-corrected chi connectivity index (χ2v) is 4.50. The number of rotatable bonds is 8. The summed E-state index contributed by atoms with van der Waals surface area (Å²) in [6.45, 7) is 2.25. The van der Waals surface area contributed by atoms with Crippen LogP contribution in [0.4, 0.5) is 0 Å². The van der Waals surface area contributed by atoms with Gasteiger partial charge >= 0.3 is 0 Å². The van der Waals surface area contributed by atoms with Gasteiger partial charge in [-0.3, -0.25) is 0 Å². The van der Waals surface area contributed by atoms with Gasteiger partial charge in [-0.25, -0.2) is 0 Å². The summed E-state index contributed by atoms with van der Waals surface area (Å²) < 4.78 is 0. The van der Waals surface area contributed by atoms with Crippen molar-refractivity contribution in [2.24, 2.45) is 0 Å². The van der Waals surface area contributed by atoms with Crippen LogP contribution < -0.4 is 0 Å². The fourth-order valence-corrected chi connectivity index (χ4v) is 1.99. The van der Waals surface area contributed by atoms with E-state index in [0.29, 0.717) is 5.75 Å². The van der Waals surface area contributed by atoms with Gasteiger partial charge in [-0.1, -0.05) is 63.6 Å². The Labute approximate surface area is 123 Å². The molecule has 1 nitrogen and oxygen atoms in total. The van der Waals surface area contributed by atoms with Gasteiger partial charge in [0.15, 0.2) is 0 Å². The van der Waals surface area contributed by atoms with Crippen molar-refractivity contribution in [3.05, 3.63) is 29.8 Å². The molecule has 0 saturated heterocycles. The van der Waals surface area contributed by atoms with Crippen LogP contribution in [0.1, 0.15) is 57.4 Å². The molecule has 1 aromatic rings. The number of aryl methyl sites for hydroxylation is 1. The number of aromatic hydroxyl groups is 1. The highest BCUT2D eigenvalue weighted by Gasteiger charge is 1.98. The normalized spacial score (nSPS) is 9.94. The minimum absolute atomic E-state index is 0. The molecule has 1 aromatic carbocycles. The Kier molecular flexibility index (Phi) is 10.7. The van der Waals surface area contributed by atoms with Crippen molar-refractivity contribution < 1.29 is 5.11 Å². The van der Waals surface area contributed by atoms with E-state index in [4.69, 9.17) is 0 Å². The fourth-order valence-electron chi connectivity index (χ4n) is 1.99. The fraction of sp³-hybridized carbons (Fsp3) is 0.600. The van der Waals surface area contributed by atoms with E-state index in [1.165, 1.54) is 44.9 Å². The summed E-state index contributed by atoms with van der Waals surface area (Å²) in [7, 11) is 0. The molecule has 0 aliphatic carbocycles. The highest BCUT2D eigenvalue weighted by atomic mass is 127. The monoisotopic (exact) mass is 348 g/mol. The molecule has 0 bridgehead atoms. The van der Waals surface area contributed by atoms with Crippen LogP contribution in [0.3, 0.4) is 0 Å². The van der Waals surface area contributed by atoms with E-state index in [0.717, 1.165) is 12.0 Å². The number of hydrogen-bond donors (Lipinski definition) is 1. The molecule has 0 heterocycles. The van der Waals surface area contributed by atoms with Crippen molar-refractivity contribution >= 4 is 24.0 Å². The Morgan fingerprint density at radius 3 is 2.12 bits per heavy atom. The largest absolute Gasteiger partial charge is 0.508 e. The van der Waals surface area contributed by atoms with E-state index in [9.17, 15) is 5.11 Å². The van der Waals surface area contributed by atoms with Crippen molar-refractivity contribution in [3.63, 3.8) is 0 Å². The van der Waals surface area contributed by atoms with Crippen LogP contribution in [0.5, 0.6) is 5.75 Å². The summed E-state index contributed by atoms with van der Waals surface area (Å²) in [5, 5.41) is 9.58. The standard InChI is InChI=1S/C15H24O.HI/c1-2-3-4-5-6-7-8-11-14-12-9-10-13-15(14)16;/h9-10,12-13,16H,2-8,11H2,1H3;1H. The quantitative estimate of drug-likeness (QED) is 0.499. The number of phenolic OH excluding ortho intramolecular Hbond substituents is 1. The topological polar surface area (TPSA) is 20.2 Å². The van der Waals surface area contributed by atoms with Crippen LogP contribution in [0.15, 0.2) is 24.3 Å². The van der Waals surface area contributed by atoms with Gasteiger partial charge in [0.2, 0.25) is 0 Å². The molecule has 2 heteroatoms. The average Bonchev–Trinajstić information content (AvgIpc) is 2.30. The first kappa shape index (κ1) is 16.8. The van der Waals surface area contributed by atoms with E-state index in [1.54, 1.807) is 6.07 Å². The maximum atomic E-state index is 9.58. The lowest BCUT2D eigenvalue weighted by Crippen LogP contribution is -1.87. The Balaban J connectivity index is 0.00000256. The molecule has 0 radical (unpaired) electrons. The molecule has 0 fully saturated rings. The Morgan fingerprint density at radius 2 is 1.47 bits per heavy atom. The van der Waals surface area contributed by atoms with Crippen LogP contribution in [0, 0.1) is 0 Å². The number of hydrogen-bond acceptors (Lipinski definition) is 1. The Morgan fingerprint density at radius 1 is 0.882 bits per heavy atom. The van der Waals surface area contributed by atoms with Crippen LogP contribution in [0.2, 0.25) is 0 Å². The van der Waals surface area contributed by atoms with Crippen LogP contribution >= 0.6 is 24.0 Å². The highest BCUT2D eigenvalue weighted by Crippen LogP contribution is 2.18. The molecule has 17 heavy (non-hydrogen) atoms. The highest BCUT2D eigenvalue weighted by molar-refractivity contribution is 14.0. The molecule has 0 aliphatic heterocycles. The molecule has 0 amide bonds. The van der Waals surface area contributed by atoms with Crippen molar-refractivity contribution in [1.29, 1.82) is 0 Å². The molecule has 0 saturated carbocycles. The van der Waals surface area contributed by atoms with Gasteiger partial charge in [0, 0.05) is 0 Å². The molecule has 0 aromatic heterocycles. The summed E-state index contributed by atoms with van der Waals surface area (Å²) in [6, 6.07) is 7.67. The minimum atomic E-state index is 0. The molecule has 0 aliphatic rings. The Hall–Kier alpha value is -0.250. The van der Waals surface area contributed by atoms with Crippen molar-refractivity contribution in [3.8, 4) is 5.75 Å². The summed E-state index contributed by atoms with van der Waals surface area (Å²) in [5.41, 5.74) is 1.09. The average molecular weight is 348 g/mol. The molecular weight excluding hydrogens is 323 g/mol. The number of unbranched alkanes of at least 4 members (excludes halogenated alkanes) is 6. The SMILES string of the molecule is CCCCCCCCCc1ccccc1O.I. The second kappa shape index (κ2) is 10.9. The predicted octanol–water partition coefficient (Wildman–Crippen LogP) is 5.30. The molecule has 0 spiro atoms. The van der Waals surface area contributed by atoms with Crippen LogP contribution in [0.25, 0.3) is 0 Å². The maximum Gasteiger partial charge on any atom is 0.118 e. The molecule has 1 N–H and O–H groups in total. The van der Waals surface area contributed by atoms with Gasteiger partial charge < -0.3 is 5.11 Å². The van der Waals surface area contributed by atoms with Gasteiger partial charge in [-0.15, -0.1) is 24.0 Å². The van der Waals surface area contributed by atoms with Gasteiger partial charge in [-0.2, -0.15) is 0 Å². The summed E-state index contributed by atoms with van der Waals surface area (Å²) >= 11 is 0. The first-order chi connectivity index (χ1) is 7.84. The minimum Gasteiger partial charge on any atom is -0.508 e. The Bertz CT molecular complexity index is 286. The lowest BCUT2D eigenvalue weighted by molar-refractivity contribution is 0.466. The first-order valence-corrected chi connectivity index (χ1v) is 6.61. The summed E-state index contributed by atoms with van der Waals surface area (Å²) in [6.07, 6.45) is 10.3. The second-order valence-electron chi connectivity index (χ2n) is 4.50. The van der Waals surface area contributed by atoms with Gasteiger partial charge in [0.1, 0.15) is 5.75 Å².